The summed E-state index contributed by atoms with van der Waals surface area (Å²) in [6.07, 6.45) is 0.896. The largest absolute Gasteiger partial charge is 0.457 e. The van der Waals surface area contributed by atoms with Crippen LogP contribution in [0.2, 0.25) is 0 Å². The van der Waals surface area contributed by atoms with Gasteiger partial charge in [0.2, 0.25) is 0 Å². The second-order valence-corrected chi connectivity index (χ2v) is 4.92. The van der Waals surface area contributed by atoms with Gasteiger partial charge in [0.25, 0.3) is 0 Å². The lowest BCUT2D eigenvalue weighted by molar-refractivity contribution is 0.465. The van der Waals surface area contributed by atoms with Gasteiger partial charge < -0.3 is 10.5 Å². The van der Waals surface area contributed by atoms with Crippen LogP contribution in [0.15, 0.2) is 42.5 Å². The lowest BCUT2D eigenvalue weighted by Gasteiger charge is -2.16. The minimum atomic E-state index is 0.0151. The Labute approximate surface area is 115 Å². The average Bonchev–Trinajstić information content (AvgIpc) is 2.42. The Balaban J connectivity index is 2.35. The van der Waals surface area contributed by atoms with E-state index in [9.17, 15) is 0 Å². The molecule has 2 N–H and O–H groups in total. The first-order valence-electron chi connectivity index (χ1n) is 6.71. The Bertz CT molecular complexity index is 563. The van der Waals surface area contributed by atoms with E-state index in [1.54, 1.807) is 0 Å². The molecule has 0 saturated heterocycles. The monoisotopic (exact) mass is 255 g/mol. The molecule has 0 heterocycles. The van der Waals surface area contributed by atoms with E-state index in [2.05, 4.69) is 39.0 Å². The van der Waals surface area contributed by atoms with Gasteiger partial charge in [0.1, 0.15) is 11.5 Å². The van der Waals surface area contributed by atoms with Crippen LogP contribution < -0.4 is 10.5 Å². The second kappa shape index (κ2) is 5.89. The molecule has 2 aromatic carbocycles. The van der Waals surface area contributed by atoms with Gasteiger partial charge in [-0.3, -0.25) is 0 Å². The van der Waals surface area contributed by atoms with Gasteiger partial charge in [-0.05, 0) is 43.5 Å². The smallest absolute Gasteiger partial charge is 0.132 e. The molecule has 0 bridgehead atoms. The van der Waals surface area contributed by atoms with Crippen molar-refractivity contribution in [2.24, 2.45) is 5.73 Å². The summed E-state index contributed by atoms with van der Waals surface area (Å²) in [6.45, 7) is 6.20. The summed E-state index contributed by atoms with van der Waals surface area (Å²) in [6, 6.07) is 14.2. The van der Waals surface area contributed by atoms with E-state index >= 15 is 0 Å². The van der Waals surface area contributed by atoms with Gasteiger partial charge in [0.15, 0.2) is 0 Å². The Hall–Kier alpha value is -1.80. The Morgan fingerprint density at radius 1 is 1.05 bits per heavy atom. The van der Waals surface area contributed by atoms with E-state index in [-0.39, 0.29) is 6.04 Å². The minimum absolute atomic E-state index is 0.0151. The van der Waals surface area contributed by atoms with Gasteiger partial charge in [0, 0.05) is 11.6 Å². The number of nitrogens with two attached hydrogens (primary N) is 1. The lowest BCUT2D eigenvalue weighted by Crippen LogP contribution is -2.09. The van der Waals surface area contributed by atoms with Crippen LogP contribution >= 0.6 is 0 Å². The Morgan fingerprint density at radius 2 is 1.79 bits per heavy atom. The first-order chi connectivity index (χ1) is 9.11. The molecule has 1 atom stereocenters. The Kier molecular flexibility index (Phi) is 4.23. The van der Waals surface area contributed by atoms with E-state index in [4.69, 9.17) is 10.5 Å². The third kappa shape index (κ3) is 3.15. The fraction of sp³-hybridized carbons (Fsp3) is 0.294. The van der Waals surface area contributed by atoms with Crippen LogP contribution in [0.4, 0.5) is 0 Å². The molecule has 1 unspecified atom stereocenters. The maximum absolute atomic E-state index is 6.14. The quantitative estimate of drug-likeness (QED) is 0.872. The van der Waals surface area contributed by atoms with Crippen LogP contribution in [0.25, 0.3) is 0 Å². The normalized spacial score (nSPS) is 12.2. The molecule has 2 nitrogen and oxygen atoms in total. The number of benzene rings is 2. The molecule has 0 fully saturated rings. The SMILES string of the molecule is CCC(N)c1ccccc1Oc1cc(C)ccc1C. The third-order valence-electron chi connectivity index (χ3n) is 3.32. The molecular weight excluding hydrogens is 234 g/mol. The van der Waals surface area contributed by atoms with Gasteiger partial charge in [-0.15, -0.1) is 0 Å². The molecule has 0 aliphatic carbocycles. The highest BCUT2D eigenvalue weighted by Crippen LogP contribution is 2.31. The maximum atomic E-state index is 6.14. The molecule has 0 aliphatic heterocycles. The van der Waals surface area contributed by atoms with Crippen LogP contribution in [-0.2, 0) is 0 Å². The first kappa shape index (κ1) is 13.6. The van der Waals surface area contributed by atoms with E-state index in [0.717, 1.165) is 29.0 Å². The highest BCUT2D eigenvalue weighted by molar-refractivity contribution is 5.43. The number of rotatable bonds is 4. The van der Waals surface area contributed by atoms with Gasteiger partial charge >= 0.3 is 0 Å². The molecular formula is C17H21NO. The molecule has 0 amide bonds. The van der Waals surface area contributed by atoms with Crippen LogP contribution in [0.1, 0.15) is 36.1 Å². The van der Waals surface area contributed by atoms with Gasteiger partial charge in [0.05, 0.1) is 0 Å². The highest BCUT2D eigenvalue weighted by Gasteiger charge is 2.11. The van der Waals surface area contributed by atoms with Crippen LogP contribution in [0, 0.1) is 13.8 Å². The molecule has 2 rings (SSSR count). The van der Waals surface area contributed by atoms with Crippen molar-refractivity contribution in [3.63, 3.8) is 0 Å². The highest BCUT2D eigenvalue weighted by atomic mass is 16.5. The molecule has 100 valence electrons. The van der Waals surface area contributed by atoms with Crippen LogP contribution in [0.3, 0.4) is 0 Å². The summed E-state index contributed by atoms with van der Waals surface area (Å²) in [5.74, 6) is 1.75. The average molecular weight is 255 g/mol. The summed E-state index contributed by atoms with van der Waals surface area (Å²) < 4.78 is 6.06. The van der Waals surface area contributed by atoms with Gasteiger partial charge in [-0.25, -0.2) is 0 Å². The fourth-order valence-electron chi connectivity index (χ4n) is 2.04. The molecule has 0 aromatic heterocycles. The van der Waals surface area contributed by atoms with Crippen molar-refractivity contribution in [1.82, 2.24) is 0 Å². The summed E-state index contributed by atoms with van der Waals surface area (Å²) in [4.78, 5) is 0. The summed E-state index contributed by atoms with van der Waals surface area (Å²) in [7, 11) is 0. The van der Waals surface area contributed by atoms with Crippen molar-refractivity contribution in [2.45, 2.75) is 33.2 Å². The zero-order chi connectivity index (χ0) is 13.8. The second-order valence-electron chi connectivity index (χ2n) is 4.92. The van der Waals surface area contributed by atoms with Gasteiger partial charge in [-0.2, -0.15) is 0 Å². The third-order valence-corrected chi connectivity index (χ3v) is 3.32. The van der Waals surface area contributed by atoms with E-state index in [1.807, 2.05) is 24.3 Å². The van der Waals surface area contributed by atoms with E-state index in [0.29, 0.717) is 0 Å². The number of para-hydroxylation sites is 1. The summed E-state index contributed by atoms with van der Waals surface area (Å²) in [5.41, 5.74) is 9.52. The number of hydrogen-bond acceptors (Lipinski definition) is 2. The molecule has 0 radical (unpaired) electrons. The maximum Gasteiger partial charge on any atom is 0.132 e. The molecule has 0 aliphatic rings. The summed E-state index contributed by atoms with van der Waals surface area (Å²) in [5, 5.41) is 0. The van der Waals surface area contributed by atoms with Crippen molar-refractivity contribution in [3.05, 3.63) is 59.2 Å². The molecule has 0 spiro atoms. The zero-order valence-corrected chi connectivity index (χ0v) is 11.8. The van der Waals surface area contributed by atoms with Crippen molar-refractivity contribution < 1.29 is 4.74 Å². The first-order valence-corrected chi connectivity index (χ1v) is 6.71. The van der Waals surface area contributed by atoms with Crippen LogP contribution in [0.5, 0.6) is 11.5 Å². The topological polar surface area (TPSA) is 35.2 Å². The fourth-order valence-corrected chi connectivity index (χ4v) is 2.04. The molecule has 0 saturated carbocycles. The number of ether oxygens (including phenoxy) is 1. The molecule has 2 aromatic rings. The van der Waals surface area contributed by atoms with Crippen molar-refractivity contribution in [2.75, 3.05) is 0 Å². The molecule has 2 heteroatoms. The lowest BCUT2D eigenvalue weighted by atomic mass is 10.0. The van der Waals surface area contributed by atoms with Crippen molar-refractivity contribution in [3.8, 4) is 11.5 Å². The van der Waals surface area contributed by atoms with E-state index < -0.39 is 0 Å². The predicted octanol–water partition coefficient (Wildman–Crippen LogP) is 4.51. The minimum Gasteiger partial charge on any atom is -0.457 e. The summed E-state index contributed by atoms with van der Waals surface area (Å²) >= 11 is 0. The van der Waals surface area contributed by atoms with Gasteiger partial charge in [-0.1, -0.05) is 37.3 Å². The predicted molar refractivity (Wildman–Crippen MR) is 79.7 cm³/mol. The standard InChI is InChI=1S/C17H21NO/c1-4-15(18)14-7-5-6-8-16(14)19-17-11-12(2)9-10-13(17)3/h5-11,15H,4,18H2,1-3H3. The zero-order valence-electron chi connectivity index (χ0n) is 11.8. The van der Waals surface area contributed by atoms with Crippen molar-refractivity contribution in [1.29, 1.82) is 0 Å². The Morgan fingerprint density at radius 3 is 2.53 bits per heavy atom. The molecule has 19 heavy (non-hydrogen) atoms. The number of aryl methyl sites for hydroxylation is 2. The van der Waals surface area contributed by atoms with Crippen molar-refractivity contribution >= 4 is 0 Å². The van der Waals surface area contributed by atoms with E-state index in [1.165, 1.54) is 5.56 Å². The van der Waals surface area contributed by atoms with Crippen LogP contribution in [-0.4, -0.2) is 0 Å². The number of hydrogen-bond donors (Lipinski definition) is 1.